The summed E-state index contributed by atoms with van der Waals surface area (Å²) in [6.45, 7) is 7.13. The fourth-order valence-electron chi connectivity index (χ4n) is 1.95. The largest absolute Gasteiger partial charge is 0.534 e. The van der Waals surface area contributed by atoms with Gasteiger partial charge in [0.25, 0.3) is 0 Å². The third kappa shape index (κ3) is 3.49. The number of dihydropyridines is 1. The normalized spacial score (nSPS) is 18.4. The predicted octanol–water partition coefficient (Wildman–Crippen LogP) is 3.02. The van der Waals surface area contributed by atoms with Gasteiger partial charge >= 0.3 is 15.6 Å². The first kappa shape index (κ1) is 16.0. The van der Waals surface area contributed by atoms with Crippen LogP contribution < -0.4 is 0 Å². The Labute approximate surface area is 110 Å². The minimum atomic E-state index is -5.63. The Morgan fingerprint density at radius 3 is 2.16 bits per heavy atom. The van der Waals surface area contributed by atoms with Crippen molar-refractivity contribution >= 4 is 15.8 Å². The maximum Gasteiger partial charge on any atom is 0.534 e. The molecule has 1 heterocycles. The lowest BCUT2D eigenvalue weighted by Gasteiger charge is -2.28. The Kier molecular flexibility index (Phi) is 4.05. The topological polar surface area (TPSA) is 55.7 Å². The van der Waals surface area contributed by atoms with Crippen LogP contribution in [0.3, 0.4) is 0 Å². The lowest BCUT2D eigenvalue weighted by molar-refractivity contribution is -0.0524. The van der Waals surface area contributed by atoms with Crippen LogP contribution in [0.5, 0.6) is 0 Å². The zero-order valence-electron chi connectivity index (χ0n) is 11.1. The minimum absolute atomic E-state index is 0.0409. The van der Waals surface area contributed by atoms with Gasteiger partial charge in [0, 0.05) is 24.3 Å². The van der Waals surface area contributed by atoms with E-state index in [0.29, 0.717) is 11.3 Å². The molecule has 0 radical (unpaired) electrons. The number of allylic oxidation sites excluding steroid dienone is 1. The predicted molar refractivity (Wildman–Crippen MR) is 65.1 cm³/mol. The minimum Gasteiger partial charge on any atom is -0.380 e. The van der Waals surface area contributed by atoms with Crippen LogP contribution in [0.2, 0.25) is 0 Å². The number of rotatable bonds is 2. The van der Waals surface area contributed by atoms with Crippen molar-refractivity contribution in [2.24, 2.45) is 10.4 Å². The van der Waals surface area contributed by atoms with E-state index in [-0.39, 0.29) is 18.7 Å². The number of nitrogens with zero attached hydrogens (tertiary/aromatic N) is 1. The van der Waals surface area contributed by atoms with Crippen LogP contribution in [0.1, 0.15) is 34.1 Å². The van der Waals surface area contributed by atoms with Crippen LogP contribution in [0.4, 0.5) is 13.2 Å². The lowest BCUT2D eigenvalue weighted by atomic mass is 9.81. The second kappa shape index (κ2) is 4.81. The molecule has 0 N–H and O–H groups in total. The lowest BCUT2D eigenvalue weighted by Crippen LogP contribution is -2.29. The number of halogens is 3. The maximum absolute atomic E-state index is 12.3. The van der Waals surface area contributed by atoms with Gasteiger partial charge in [0.2, 0.25) is 0 Å². The highest BCUT2D eigenvalue weighted by atomic mass is 32.2. The molecule has 0 aliphatic carbocycles. The summed E-state index contributed by atoms with van der Waals surface area (Å²) in [7, 11) is -5.63. The van der Waals surface area contributed by atoms with Crippen molar-refractivity contribution in [3.8, 4) is 0 Å². The fourth-order valence-corrected chi connectivity index (χ4v) is 2.48. The SMILES string of the molecule is CC1=NCCC(OS(=O)(=O)C(F)(F)F)=C1C(C)(C)C. The van der Waals surface area contributed by atoms with Crippen LogP contribution in [-0.2, 0) is 14.3 Å². The zero-order chi connectivity index (χ0) is 15.1. The Morgan fingerprint density at radius 2 is 1.74 bits per heavy atom. The molecule has 19 heavy (non-hydrogen) atoms. The highest BCUT2D eigenvalue weighted by molar-refractivity contribution is 7.87. The molecular weight excluding hydrogens is 283 g/mol. The van der Waals surface area contributed by atoms with Gasteiger partial charge < -0.3 is 4.18 Å². The summed E-state index contributed by atoms with van der Waals surface area (Å²) in [5.74, 6) is -0.169. The fraction of sp³-hybridized carbons (Fsp3) is 0.727. The molecule has 0 spiro atoms. The Bertz CT molecular complexity index is 524. The number of hydrogen-bond acceptors (Lipinski definition) is 4. The molecule has 0 bridgehead atoms. The van der Waals surface area contributed by atoms with E-state index in [2.05, 4.69) is 9.18 Å². The summed E-state index contributed by atoms with van der Waals surface area (Å²) >= 11 is 0. The zero-order valence-corrected chi connectivity index (χ0v) is 11.9. The van der Waals surface area contributed by atoms with Gasteiger partial charge in [-0.3, -0.25) is 4.99 Å². The van der Waals surface area contributed by atoms with Crippen molar-refractivity contribution < 1.29 is 25.8 Å². The molecule has 0 saturated heterocycles. The van der Waals surface area contributed by atoms with Crippen molar-refractivity contribution in [1.29, 1.82) is 0 Å². The summed E-state index contributed by atoms with van der Waals surface area (Å²) < 4.78 is 63.5. The standard InChI is InChI=1S/C11H16F3NO3S/c1-7-9(10(2,3)4)8(5-6-15-7)18-19(16,17)11(12,13)14/h5-6H2,1-4H3. The van der Waals surface area contributed by atoms with Gasteiger partial charge in [-0.15, -0.1) is 0 Å². The summed E-state index contributed by atoms with van der Waals surface area (Å²) in [5, 5.41) is 0. The molecule has 1 rings (SSSR count). The van der Waals surface area contributed by atoms with E-state index in [1.165, 1.54) is 0 Å². The van der Waals surface area contributed by atoms with Crippen molar-refractivity contribution in [1.82, 2.24) is 0 Å². The van der Waals surface area contributed by atoms with Gasteiger partial charge in [0.05, 0.1) is 0 Å². The first-order valence-electron chi connectivity index (χ1n) is 5.62. The van der Waals surface area contributed by atoms with Crippen LogP contribution in [-0.4, -0.2) is 26.2 Å². The highest BCUT2D eigenvalue weighted by Crippen LogP contribution is 2.36. The monoisotopic (exact) mass is 299 g/mol. The summed E-state index contributed by atoms with van der Waals surface area (Å²) in [5.41, 5.74) is -5.06. The third-order valence-electron chi connectivity index (χ3n) is 2.57. The Balaban J connectivity index is 3.27. The van der Waals surface area contributed by atoms with Crippen molar-refractivity contribution in [2.75, 3.05) is 6.54 Å². The summed E-state index contributed by atoms with van der Waals surface area (Å²) in [6.07, 6.45) is 0.0409. The molecule has 0 saturated carbocycles. The summed E-state index contributed by atoms with van der Waals surface area (Å²) in [4.78, 5) is 4.12. The average Bonchev–Trinajstić information content (AvgIpc) is 2.12. The van der Waals surface area contributed by atoms with Crippen molar-refractivity contribution in [3.05, 3.63) is 11.3 Å². The first-order chi connectivity index (χ1) is 8.36. The average molecular weight is 299 g/mol. The molecule has 110 valence electrons. The van der Waals surface area contributed by atoms with Crippen LogP contribution in [0.15, 0.2) is 16.3 Å². The van der Waals surface area contributed by atoms with Gasteiger partial charge in [-0.05, 0) is 12.3 Å². The smallest absolute Gasteiger partial charge is 0.380 e. The van der Waals surface area contributed by atoms with Gasteiger partial charge in [0.15, 0.2) is 0 Å². The summed E-state index contributed by atoms with van der Waals surface area (Å²) in [6, 6.07) is 0. The molecule has 1 aliphatic rings. The van der Waals surface area contributed by atoms with E-state index < -0.39 is 21.0 Å². The number of alkyl halides is 3. The van der Waals surface area contributed by atoms with Gasteiger partial charge in [-0.2, -0.15) is 21.6 Å². The molecule has 0 aromatic heterocycles. The Morgan fingerprint density at radius 1 is 1.21 bits per heavy atom. The molecular formula is C11H16F3NO3S. The third-order valence-corrected chi connectivity index (χ3v) is 3.56. The van der Waals surface area contributed by atoms with E-state index in [1.807, 2.05) is 0 Å². The van der Waals surface area contributed by atoms with Gasteiger partial charge in [0.1, 0.15) is 5.76 Å². The molecule has 0 unspecified atom stereocenters. The van der Waals surface area contributed by atoms with E-state index in [1.54, 1.807) is 27.7 Å². The van der Waals surface area contributed by atoms with E-state index in [0.717, 1.165) is 0 Å². The van der Waals surface area contributed by atoms with Crippen molar-refractivity contribution in [3.63, 3.8) is 0 Å². The molecule has 0 amide bonds. The van der Waals surface area contributed by atoms with Crippen LogP contribution in [0.25, 0.3) is 0 Å². The van der Waals surface area contributed by atoms with E-state index in [4.69, 9.17) is 0 Å². The van der Waals surface area contributed by atoms with Crippen molar-refractivity contribution in [2.45, 2.75) is 39.6 Å². The second-order valence-electron chi connectivity index (χ2n) is 5.25. The first-order valence-corrected chi connectivity index (χ1v) is 7.03. The van der Waals surface area contributed by atoms with E-state index in [9.17, 15) is 21.6 Å². The maximum atomic E-state index is 12.3. The number of aliphatic imine (C=N–C) groups is 1. The molecule has 4 nitrogen and oxygen atoms in total. The quantitative estimate of drug-likeness (QED) is 0.582. The molecule has 0 aromatic rings. The van der Waals surface area contributed by atoms with Gasteiger partial charge in [-0.1, -0.05) is 20.8 Å². The van der Waals surface area contributed by atoms with E-state index >= 15 is 0 Å². The molecule has 0 aromatic carbocycles. The van der Waals surface area contributed by atoms with Gasteiger partial charge in [-0.25, -0.2) is 0 Å². The number of hydrogen-bond donors (Lipinski definition) is 0. The van der Waals surface area contributed by atoms with Crippen LogP contribution in [0, 0.1) is 5.41 Å². The molecule has 0 fully saturated rings. The van der Waals surface area contributed by atoms with Crippen LogP contribution >= 0.6 is 0 Å². The Hall–Kier alpha value is -1.05. The molecule has 1 aliphatic heterocycles. The molecule has 0 atom stereocenters. The molecule has 8 heteroatoms. The highest BCUT2D eigenvalue weighted by Gasteiger charge is 2.49. The second-order valence-corrected chi connectivity index (χ2v) is 6.79.